The lowest BCUT2D eigenvalue weighted by molar-refractivity contribution is 0.647. The van der Waals surface area contributed by atoms with Crippen molar-refractivity contribution >= 4 is 22.8 Å². The van der Waals surface area contributed by atoms with Gasteiger partial charge < -0.3 is 0 Å². The number of para-hydroxylation sites is 1. The first kappa shape index (κ1) is 21.2. The van der Waals surface area contributed by atoms with Crippen LogP contribution in [0.3, 0.4) is 0 Å². The predicted molar refractivity (Wildman–Crippen MR) is 133 cm³/mol. The highest BCUT2D eigenvalue weighted by atomic mass is 35.5. The molecule has 164 valence electrons. The van der Waals surface area contributed by atoms with E-state index in [4.69, 9.17) is 16.6 Å². The Morgan fingerprint density at radius 2 is 1.58 bits per heavy atom. The molecule has 3 aromatic carbocycles. The van der Waals surface area contributed by atoms with E-state index < -0.39 is 0 Å². The van der Waals surface area contributed by atoms with Gasteiger partial charge in [0, 0.05) is 16.3 Å². The zero-order valence-electron chi connectivity index (χ0n) is 18.4. The molecule has 33 heavy (non-hydrogen) atoms. The number of fused-ring (bicyclic) bond motifs is 1. The van der Waals surface area contributed by atoms with E-state index in [1.807, 2.05) is 59.2 Å². The second-order valence-electron chi connectivity index (χ2n) is 8.47. The summed E-state index contributed by atoms with van der Waals surface area (Å²) in [5.74, 6) is 1.13. The van der Waals surface area contributed by atoms with E-state index in [-0.39, 0.29) is 5.56 Å². The summed E-state index contributed by atoms with van der Waals surface area (Å²) in [7, 11) is 0. The Kier molecular flexibility index (Phi) is 5.56. The van der Waals surface area contributed by atoms with Crippen LogP contribution in [0.4, 0.5) is 0 Å². The highest BCUT2D eigenvalue weighted by Gasteiger charge is 2.19. The Labute approximate surface area is 196 Å². The summed E-state index contributed by atoms with van der Waals surface area (Å²) < 4.78 is 3.46. The van der Waals surface area contributed by atoms with Crippen LogP contribution in [0.2, 0.25) is 5.02 Å². The van der Waals surface area contributed by atoms with E-state index in [1.165, 1.54) is 5.56 Å². The van der Waals surface area contributed by atoms with Gasteiger partial charge in [0.2, 0.25) is 0 Å². The highest BCUT2D eigenvalue weighted by Crippen LogP contribution is 2.25. The SMILES string of the molecule is CC(C)Cc1ccc(-c2nc3c(ncn3-c3ccccc3)c(=O)n2-c2ccc(Cl)cc2)cc1. The van der Waals surface area contributed by atoms with E-state index in [9.17, 15) is 4.79 Å². The number of aromatic nitrogens is 4. The molecule has 0 atom stereocenters. The first-order valence-corrected chi connectivity index (χ1v) is 11.3. The molecule has 0 radical (unpaired) electrons. The van der Waals surface area contributed by atoms with E-state index in [2.05, 4.69) is 31.0 Å². The molecule has 0 fully saturated rings. The van der Waals surface area contributed by atoms with Gasteiger partial charge in [0.25, 0.3) is 5.56 Å². The Morgan fingerprint density at radius 1 is 0.879 bits per heavy atom. The van der Waals surface area contributed by atoms with Gasteiger partial charge in [0.05, 0.1) is 5.69 Å². The van der Waals surface area contributed by atoms with Crippen LogP contribution in [0, 0.1) is 5.92 Å². The number of halogens is 1. The zero-order chi connectivity index (χ0) is 22.9. The molecule has 0 saturated carbocycles. The third kappa shape index (κ3) is 4.08. The number of hydrogen-bond donors (Lipinski definition) is 0. The summed E-state index contributed by atoms with van der Waals surface area (Å²) in [6, 6.07) is 25.2. The van der Waals surface area contributed by atoms with Crippen molar-refractivity contribution in [2.45, 2.75) is 20.3 Å². The van der Waals surface area contributed by atoms with Crippen LogP contribution in [0.25, 0.3) is 33.9 Å². The van der Waals surface area contributed by atoms with Crippen LogP contribution in [0.15, 0.2) is 90.0 Å². The fourth-order valence-corrected chi connectivity index (χ4v) is 4.14. The zero-order valence-corrected chi connectivity index (χ0v) is 19.2. The molecular formula is C27H23ClN4O. The molecule has 6 heteroatoms. The van der Waals surface area contributed by atoms with E-state index in [0.717, 1.165) is 17.7 Å². The number of rotatable bonds is 5. The topological polar surface area (TPSA) is 52.7 Å². The Hall–Kier alpha value is -3.70. The number of benzene rings is 3. The number of hydrogen-bond acceptors (Lipinski definition) is 3. The number of nitrogens with zero attached hydrogens (tertiary/aromatic N) is 4. The molecule has 0 amide bonds. The van der Waals surface area contributed by atoms with Gasteiger partial charge in [-0.2, -0.15) is 0 Å². The minimum Gasteiger partial charge on any atom is -0.283 e. The summed E-state index contributed by atoms with van der Waals surface area (Å²) >= 11 is 6.10. The van der Waals surface area contributed by atoms with E-state index in [1.54, 1.807) is 23.0 Å². The highest BCUT2D eigenvalue weighted by molar-refractivity contribution is 6.30. The van der Waals surface area contributed by atoms with E-state index in [0.29, 0.717) is 33.6 Å². The Balaban J connectivity index is 1.76. The molecule has 0 N–H and O–H groups in total. The van der Waals surface area contributed by atoms with Gasteiger partial charge in [0.15, 0.2) is 11.2 Å². The van der Waals surface area contributed by atoms with Gasteiger partial charge in [-0.15, -0.1) is 0 Å². The maximum absolute atomic E-state index is 13.7. The van der Waals surface area contributed by atoms with Gasteiger partial charge in [-0.05, 0) is 54.3 Å². The minimum absolute atomic E-state index is 0.224. The lowest BCUT2D eigenvalue weighted by Gasteiger charge is -2.14. The average Bonchev–Trinajstić information content (AvgIpc) is 3.25. The molecule has 5 aromatic rings. The second kappa shape index (κ2) is 8.68. The van der Waals surface area contributed by atoms with Crippen molar-refractivity contribution < 1.29 is 0 Å². The monoisotopic (exact) mass is 454 g/mol. The number of imidazole rings is 1. The van der Waals surface area contributed by atoms with Crippen molar-refractivity contribution in [3.05, 3.63) is 106 Å². The third-order valence-corrected chi connectivity index (χ3v) is 5.80. The summed E-state index contributed by atoms with van der Waals surface area (Å²) in [6.45, 7) is 4.40. The lowest BCUT2D eigenvalue weighted by atomic mass is 10.0. The van der Waals surface area contributed by atoms with Crippen LogP contribution in [0.5, 0.6) is 0 Å². The molecule has 2 heterocycles. The standard InChI is InChI=1S/C27H23ClN4O/c1-18(2)16-19-8-10-20(11-9-19)25-30-26-24(29-17-31(26)22-6-4-3-5-7-22)27(33)32(25)23-14-12-21(28)13-15-23/h3-15,17-18H,16H2,1-2H3. The molecule has 0 aliphatic carbocycles. The average molecular weight is 455 g/mol. The fraction of sp³-hybridized carbons (Fsp3) is 0.148. The van der Waals surface area contributed by atoms with Crippen LogP contribution < -0.4 is 5.56 Å². The molecule has 0 aliphatic rings. The summed E-state index contributed by atoms with van der Waals surface area (Å²) in [5.41, 5.74) is 4.32. The molecule has 0 saturated heterocycles. The first-order chi connectivity index (χ1) is 16.0. The third-order valence-electron chi connectivity index (χ3n) is 5.55. The Morgan fingerprint density at radius 3 is 2.24 bits per heavy atom. The smallest absolute Gasteiger partial charge is 0.283 e. The van der Waals surface area contributed by atoms with Gasteiger partial charge >= 0.3 is 0 Å². The van der Waals surface area contributed by atoms with Crippen molar-refractivity contribution in [1.29, 1.82) is 0 Å². The second-order valence-corrected chi connectivity index (χ2v) is 8.91. The summed E-state index contributed by atoms with van der Waals surface area (Å²) in [4.78, 5) is 23.1. The molecule has 5 nitrogen and oxygen atoms in total. The van der Waals surface area contributed by atoms with Crippen molar-refractivity contribution in [1.82, 2.24) is 19.1 Å². The predicted octanol–water partition coefficient (Wildman–Crippen LogP) is 6.09. The van der Waals surface area contributed by atoms with Gasteiger partial charge in [-0.1, -0.05) is 67.9 Å². The van der Waals surface area contributed by atoms with Crippen LogP contribution in [0.1, 0.15) is 19.4 Å². The van der Waals surface area contributed by atoms with Gasteiger partial charge in [-0.3, -0.25) is 13.9 Å². The molecular weight excluding hydrogens is 432 g/mol. The van der Waals surface area contributed by atoms with Crippen LogP contribution in [-0.4, -0.2) is 19.1 Å². The van der Waals surface area contributed by atoms with Crippen molar-refractivity contribution in [3.63, 3.8) is 0 Å². The fourth-order valence-electron chi connectivity index (χ4n) is 4.01. The van der Waals surface area contributed by atoms with Crippen molar-refractivity contribution in [2.75, 3.05) is 0 Å². The molecule has 0 bridgehead atoms. The summed E-state index contributed by atoms with van der Waals surface area (Å²) in [5, 5.41) is 0.605. The maximum atomic E-state index is 13.7. The quantitative estimate of drug-likeness (QED) is 0.323. The lowest BCUT2D eigenvalue weighted by Crippen LogP contribution is -2.22. The molecule has 0 spiro atoms. The van der Waals surface area contributed by atoms with Crippen molar-refractivity contribution in [2.24, 2.45) is 5.92 Å². The summed E-state index contributed by atoms with van der Waals surface area (Å²) in [6.07, 6.45) is 2.65. The minimum atomic E-state index is -0.224. The molecule has 0 unspecified atom stereocenters. The normalized spacial score (nSPS) is 11.4. The van der Waals surface area contributed by atoms with Crippen LogP contribution >= 0.6 is 11.6 Å². The first-order valence-electron chi connectivity index (χ1n) is 10.9. The largest absolute Gasteiger partial charge is 0.286 e. The Bertz CT molecular complexity index is 1470. The van der Waals surface area contributed by atoms with Crippen LogP contribution in [-0.2, 0) is 6.42 Å². The van der Waals surface area contributed by atoms with Crippen molar-refractivity contribution in [3.8, 4) is 22.8 Å². The van der Waals surface area contributed by atoms with E-state index >= 15 is 0 Å². The van der Waals surface area contributed by atoms with Gasteiger partial charge in [0.1, 0.15) is 12.2 Å². The van der Waals surface area contributed by atoms with Gasteiger partial charge in [-0.25, -0.2) is 9.97 Å². The molecule has 0 aliphatic heterocycles. The molecule has 2 aromatic heterocycles. The molecule has 5 rings (SSSR count). The maximum Gasteiger partial charge on any atom is 0.286 e.